The van der Waals surface area contributed by atoms with Crippen molar-refractivity contribution in [2.24, 2.45) is 0 Å². The van der Waals surface area contributed by atoms with Crippen molar-refractivity contribution in [3.8, 4) is 0 Å². The molecule has 2 rings (SSSR count). The van der Waals surface area contributed by atoms with Gasteiger partial charge in [-0.25, -0.2) is 8.78 Å². The van der Waals surface area contributed by atoms with Gasteiger partial charge in [0, 0.05) is 29.4 Å². The van der Waals surface area contributed by atoms with Crippen molar-refractivity contribution in [1.82, 2.24) is 10.2 Å². The first-order valence-electron chi connectivity index (χ1n) is 9.15. The van der Waals surface area contributed by atoms with Crippen LogP contribution in [0.3, 0.4) is 0 Å². The molecular weight excluding hydrogens is 418 g/mol. The standard InChI is InChI=1S/C21H23ClF2N2O2S/c1-3-25-21(28)14(2)26(11-15-7-9-16(23)10-8-15)20(27)13-29-12-17-18(22)5-4-6-19(17)24/h4-10,14H,3,11-13H2,1-2H3,(H,25,28)/t14-/m0/s1. The first kappa shape index (κ1) is 23.2. The smallest absolute Gasteiger partial charge is 0.242 e. The van der Waals surface area contributed by atoms with Crippen LogP contribution in [0.25, 0.3) is 0 Å². The third kappa shape index (κ3) is 6.72. The number of carbonyl (C=O) groups excluding carboxylic acids is 2. The van der Waals surface area contributed by atoms with Crippen LogP contribution >= 0.6 is 23.4 Å². The molecule has 2 aromatic carbocycles. The predicted molar refractivity (Wildman–Crippen MR) is 113 cm³/mol. The molecular formula is C21H23ClF2N2O2S. The molecule has 0 spiro atoms. The van der Waals surface area contributed by atoms with Crippen LogP contribution in [-0.2, 0) is 21.9 Å². The van der Waals surface area contributed by atoms with Gasteiger partial charge in [-0.05, 0) is 43.7 Å². The van der Waals surface area contributed by atoms with Gasteiger partial charge < -0.3 is 10.2 Å². The summed E-state index contributed by atoms with van der Waals surface area (Å²) in [5.41, 5.74) is 1.05. The van der Waals surface area contributed by atoms with Crippen molar-refractivity contribution in [2.75, 3.05) is 12.3 Å². The van der Waals surface area contributed by atoms with Gasteiger partial charge in [-0.2, -0.15) is 0 Å². The number of amides is 2. The normalized spacial score (nSPS) is 11.8. The van der Waals surface area contributed by atoms with Crippen LogP contribution in [0.15, 0.2) is 42.5 Å². The molecule has 0 unspecified atom stereocenters. The summed E-state index contributed by atoms with van der Waals surface area (Å²) in [7, 11) is 0. The van der Waals surface area contributed by atoms with Gasteiger partial charge in [-0.3, -0.25) is 9.59 Å². The van der Waals surface area contributed by atoms with E-state index in [1.54, 1.807) is 32.0 Å². The Bertz CT molecular complexity index is 829. The lowest BCUT2D eigenvalue weighted by molar-refractivity contribution is -0.138. The van der Waals surface area contributed by atoms with E-state index in [1.165, 1.54) is 40.9 Å². The first-order valence-corrected chi connectivity index (χ1v) is 10.7. The number of nitrogens with zero attached hydrogens (tertiary/aromatic N) is 1. The summed E-state index contributed by atoms with van der Waals surface area (Å²) in [4.78, 5) is 26.6. The van der Waals surface area contributed by atoms with E-state index in [0.717, 1.165) is 0 Å². The summed E-state index contributed by atoms with van der Waals surface area (Å²) < 4.78 is 27.1. The van der Waals surface area contributed by atoms with E-state index < -0.39 is 11.9 Å². The fourth-order valence-corrected chi connectivity index (χ4v) is 3.93. The van der Waals surface area contributed by atoms with Gasteiger partial charge in [0.05, 0.1) is 5.75 Å². The maximum Gasteiger partial charge on any atom is 0.242 e. The number of halogens is 3. The Morgan fingerprint density at radius 3 is 2.48 bits per heavy atom. The zero-order chi connectivity index (χ0) is 21.4. The van der Waals surface area contributed by atoms with Crippen LogP contribution in [0.4, 0.5) is 8.78 Å². The Morgan fingerprint density at radius 2 is 1.86 bits per heavy atom. The van der Waals surface area contributed by atoms with Crippen molar-refractivity contribution < 1.29 is 18.4 Å². The summed E-state index contributed by atoms with van der Waals surface area (Å²) in [6.07, 6.45) is 0. The van der Waals surface area contributed by atoms with Crippen molar-refractivity contribution in [3.05, 3.63) is 70.2 Å². The number of carbonyl (C=O) groups is 2. The van der Waals surface area contributed by atoms with Crippen LogP contribution in [0.5, 0.6) is 0 Å². The summed E-state index contributed by atoms with van der Waals surface area (Å²) in [6, 6.07) is 9.51. The highest BCUT2D eigenvalue weighted by Crippen LogP contribution is 2.24. The zero-order valence-electron chi connectivity index (χ0n) is 16.3. The quantitative estimate of drug-likeness (QED) is 0.628. The largest absolute Gasteiger partial charge is 0.355 e. The highest BCUT2D eigenvalue weighted by atomic mass is 35.5. The molecule has 8 heteroatoms. The number of likely N-dealkylation sites (N-methyl/N-ethyl adjacent to an activating group) is 1. The maximum atomic E-state index is 13.9. The molecule has 29 heavy (non-hydrogen) atoms. The van der Waals surface area contributed by atoms with Crippen molar-refractivity contribution in [1.29, 1.82) is 0 Å². The van der Waals surface area contributed by atoms with Crippen LogP contribution in [0.2, 0.25) is 5.02 Å². The lowest BCUT2D eigenvalue weighted by Gasteiger charge is -2.28. The fraction of sp³-hybridized carbons (Fsp3) is 0.333. The van der Waals surface area contributed by atoms with E-state index >= 15 is 0 Å². The molecule has 2 amide bonds. The van der Waals surface area contributed by atoms with Crippen molar-refractivity contribution in [2.45, 2.75) is 32.2 Å². The molecule has 0 heterocycles. The number of rotatable bonds is 9. The number of thioether (sulfide) groups is 1. The third-order valence-electron chi connectivity index (χ3n) is 4.32. The second-order valence-corrected chi connectivity index (χ2v) is 7.80. The summed E-state index contributed by atoms with van der Waals surface area (Å²) in [5, 5.41) is 3.01. The monoisotopic (exact) mass is 440 g/mol. The second kappa shape index (κ2) is 11.2. The summed E-state index contributed by atoms with van der Waals surface area (Å²) >= 11 is 7.24. The molecule has 1 N–H and O–H groups in total. The van der Waals surface area contributed by atoms with Gasteiger partial charge in [-0.15, -0.1) is 11.8 Å². The van der Waals surface area contributed by atoms with Crippen LogP contribution < -0.4 is 5.32 Å². The van der Waals surface area contributed by atoms with E-state index in [9.17, 15) is 18.4 Å². The minimum Gasteiger partial charge on any atom is -0.355 e. The number of hydrogen-bond acceptors (Lipinski definition) is 3. The second-order valence-electron chi connectivity index (χ2n) is 6.41. The summed E-state index contributed by atoms with van der Waals surface area (Å²) in [5.74, 6) is -1.06. The Morgan fingerprint density at radius 1 is 1.17 bits per heavy atom. The molecule has 0 aliphatic carbocycles. The third-order valence-corrected chi connectivity index (χ3v) is 5.62. The minimum absolute atomic E-state index is 0.0512. The lowest BCUT2D eigenvalue weighted by atomic mass is 10.1. The maximum absolute atomic E-state index is 13.9. The number of hydrogen-bond donors (Lipinski definition) is 1. The van der Waals surface area contributed by atoms with E-state index in [4.69, 9.17) is 11.6 Å². The molecule has 0 saturated carbocycles. The molecule has 0 aliphatic rings. The molecule has 0 fully saturated rings. The Labute approximate surface area is 178 Å². The van der Waals surface area contributed by atoms with E-state index in [2.05, 4.69) is 5.32 Å². The van der Waals surface area contributed by atoms with E-state index in [-0.39, 0.29) is 35.7 Å². The highest BCUT2D eigenvalue weighted by Gasteiger charge is 2.25. The lowest BCUT2D eigenvalue weighted by Crippen LogP contribution is -2.48. The summed E-state index contributed by atoms with van der Waals surface area (Å²) in [6.45, 7) is 4.05. The van der Waals surface area contributed by atoms with Crippen molar-refractivity contribution >= 4 is 35.2 Å². The topological polar surface area (TPSA) is 49.4 Å². The van der Waals surface area contributed by atoms with Gasteiger partial charge >= 0.3 is 0 Å². The molecule has 156 valence electrons. The molecule has 0 saturated heterocycles. The zero-order valence-corrected chi connectivity index (χ0v) is 17.8. The Balaban J connectivity index is 2.08. The minimum atomic E-state index is -0.704. The number of benzene rings is 2. The molecule has 0 aliphatic heterocycles. The van der Waals surface area contributed by atoms with E-state index in [1.807, 2.05) is 0 Å². The first-order chi connectivity index (χ1) is 13.8. The molecule has 2 aromatic rings. The number of nitrogens with one attached hydrogen (secondary N) is 1. The molecule has 0 bridgehead atoms. The van der Waals surface area contributed by atoms with E-state index in [0.29, 0.717) is 22.7 Å². The molecule has 1 atom stereocenters. The SMILES string of the molecule is CCNC(=O)[C@H](C)N(Cc1ccc(F)cc1)C(=O)CSCc1c(F)cccc1Cl. The van der Waals surface area contributed by atoms with Gasteiger partial charge in [0.25, 0.3) is 0 Å². The average molecular weight is 441 g/mol. The molecule has 0 aromatic heterocycles. The molecule has 4 nitrogen and oxygen atoms in total. The van der Waals surface area contributed by atoms with Gasteiger partial charge in [0.15, 0.2) is 0 Å². The fourth-order valence-electron chi connectivity index (χ4n) is 2.68. The highest BCUT2D eigenvalue weighted by molar-refractivity contribution is 7.99. The van der Waals surface area contributed by atoms with Crippen LogP contribution in [-0.4, -0.2) is 35.1 Å². The molecule has 0 radical (unpaired) electrons. The van der Waals surface area contributed by atoms with Gasteiger partial charge in [0.2, 0.25) is 11.8 Å². The predicted octanol–water partition coefficient (Wildman–Crippen LogP) is 4.40. The Kier molecular flexibility index (Phi) is 8.92. The average Bonchev–Trinajstić information content (AvgIpc) is 2.69. The van der Waals surface area contributed by atoms with Crippen molar-refractivity contribution in [3.63, 3.8) is 0 Å². The van der Waals surface area contributed by atoms with Gasteiger partial charge in [0.1, 0.15) is 17.7 Å². The van der Waals surface area contributed by atoms with Gasteiger partial charge in [-0.1, -0.05) is 29.8 Å². The van der Waals surface area contributed by atoms with Crippen LogP contribution in [0, 0.1) is 11.6 Å². The van der Waals surface area contributed by atoms with Crippen LogP contribution in [0.1, 0.15) is 25.0 Å². The Hall–Kier alpha value is -2.12.